The summed E-state index contributed by atoms with van der Waals surface area (Å²) in [6, 6.07) is 7.33. The van der Waals surface area contributed by atoms with Crippen LogP contribution >= 0.6 is 0 Å². The molecule has 0 saturated carbocycles. The SMILES string of the molecule is COc1ccc(S(=O)(=O)N2CCOCC2)cc1C(=O)OCc1cccc(F)c1F. The first-order chi connectivity index (χ1) is 13.8. The standard InChI is InChI=1S/C19H19F2NO6S/c1-26-17-6-5-14(29(24,25)22-7-9-27-10-8-22)11-15(17)19(23)28-12-13-3-2-4-16(20)18(13)21/h2-6,11H,7-10,12H2,1H3. The maximum absolute atomic E-state index is 13.7. The van der Waals surface area contributed by atoms with Crippen molar-refractivity contribution in [1.82, 2.24) is 4.31 Å². The van der Waals surface area contributed by atoms with Crippen LogP contribution in [0.1, 0.15) is 15.9 Å². The predicted molar refractivity (Wildman–Crippen MR) is 98.0 cm³/mol. The van der Waals surface area contributed by atoms with Crippen molar-refractivity contribution in [2.75, 3.05) is 33.4 Å². The van der Waals surface area contributed by atoms with E-state index in [2.05, 4.69) is 0 Å². The van der Waals surface area contributed by atoms with Gasteiger partial charge in [0.15, 0.2) is 11.6 Å². The Morgan fingerprint density at radius 2 is 1.90 bits per heavy atom. The van der Waals surface area contributed by atoms with Gasteiger partial charge in [0.1, 0.15) is 17.9 Å². The number of esters is 1. The molecule has 2 aromatic rings. The van der Waals surface area contributed by atoms with Crippen molar-refractivity contribution in [1.29, 1.82) is 0 Å². The highest BCUT2D eigenvalue weighted by Crippen LogP contribution is 2.26. The second-order valence-electron chi connectivity index (χ2n) is 6.17. The van der Waals surface area contributed by atoms with E-state index >= 15 is 0 Å². The van der Waals surface area contributed by atoms with Crippen LogP contribution in [0.2, 0.25) is 0 Å². The van der Waals surface area contributed by atoms with E-state index in [1.54, 1.807) is 0 Å². The molecule has 1 aliphatic rings. The number of carbonyl (C=O) groups excluding carboxylic acids is 1. The molecule has 1 fully saturated rings. The number of halogens is 2. The Hall–Kier alpha value is -2.56. The second kappa shape index (κ2) is 8.85. The second-order valence-corrected chi connectivity index (χ2v) is 8.11. The van der Waals surface area contributed by atoms with Crippen molar-refractivity contribution in [3.05, 3.63) is 59.2 Å². The van der Waals surface area contributed by atoms with Crippen molar-refractivity contribution >= 4 is 16.0 Å². The number of rotatable bonds is 6. The van der Waals surface area contributed by atoms with Crippen LogP contribution in [0.25, 0.3) is 0 Å². The van der Waals surface area contributed by atoms with Gasteiger partial charge in [-0.1, -0.05) is 12.1 Å². The molecule has 1 aliphatic heterocycles. The molecular formula is C19H19F2NO6S. The van der Waals surface area contributed by atoms with Crippen LogP contribution in [0.5, 0.6) is 5.75 Å². The maximum atomic E-state index is 13.7. The third-order valence-electron chi connectivity index (χ3n) is 4.39. The molecule has 0 spiro atoms. The van der Waals surface area contributed by atoms with Crippen molar-refractivity contribution in [3.8, 4) is 5.75 Å². The molecule has 1 heterocycles. The maximum Gasteiger partial charge on any atom is 0.342 e. The number of hydrogen-bond donors (Lipinski definition) is 0. The van der Waals surface area contributed by atoms with Gasteiger partial charge in [-0.05, 0) is 24.3 Å². The molecule has 0 bridgehead atoms. The van der Waals surface area contributed by atoms with E-state index in [1.807, 2.05) is 0 Å². The Labute approximate surface area is 166 Å². The fourth-order valence-electron chi connectivity index (χ4n) is 2.82. The van der Waals surface area contributed by atoms with Crippen LogP contribution < -0.4 is 4.74 Å². The molecule has 0 amide bonds. The average molecular weight is 427 g/mol. The summed E-state index contributed by atoms with van der Waals surface area (Å²) >= 11 is 0. The molecule has 0 unspecified atom stereocenters. The number of benzene rings is 2. The van der Waals surface area contributed by atoms with Crippen LogP contribution in [-0.4, -0.2) is 52.1 Å². The van der Waals surface area contributed by atoms with Crippen LogP contribution in [0.3, 0.4) is 0 Å². The van der Waals surface area contributed by atoms with Crippen LogP contribution in [0.15, 0.2) is 41.3 Å². The zero-order chi connectivity index (χ0) is 21.0. The van der Waals surface area contributed by atoms with Gasteiger partial charge in [-0.2, -0.15) is 4.31 Å². The predicted octanol–water partition coefficient (Wildman–Crippen LogP) is 2.35. The minimum absolute atomic E-state index is 0.0932. The molecule has 7 nitrogen and oxygen atoms in total. The highest BCUT2D eigenvalue weighted by atomic mass is 32.2. The van der Waals surface area contributed by atoms with E-state index in [9.17, 15) is 22.0 Å². The monoisotopic (exact) mass is 427 g/mol. The van der Waals surface area contributed by atoms with Gasteiger partial charge < -0.3 is 14.2 Å². The van der Waals surface area contributed by atoms with E-state index in [4.69, 9.17) is 14.2 Å². The van der Waals surface area contributed by atoms with Gasteiger partial charge in [0.2, 0.25) is 10.0 Å². The summed E-state index contributed by atoms with van der Waals surface area (Å²) in [6.07, 6.45) is 0. The minimum atomic E-state index is -3.84. The lowest BCUT2D eigenvalue weighted by molar-refractivity contribution is 0.0464. The van der Waals surface area contributed by atoms with Crippen LogP contribution in [0.4, 0.5) is 8.78 Å². The fourth-order valence-corrected chi connectivity index (χ4v) is 4.26. The van der Waals surface area contributed by atoms with Crippen molar-refractivity contribution in [2.24, 2.45) is 0 Å². The summed E-state index contributed by atoms with van der Waals surface area (Å²) in [5.74, 6) is -3.01. The normalized spacial score (nSPS) is 15.1. The number of hydrogen-bond acceptors (Lipinski definition) is 6. The lowest BCUT2D eigenvalue weighted by Crippen LogP contribution is -2.40. The molecule has 0 atom stereocenters. The lowest BCUT2D eigenvalue weighted by atomic mass is 10.2. The molecule has 29 heavy (non-hydrogen) atoms. The topological polar surface area (TPSA) is 82.1 Å². The highest BCUT2D eigenvalue weighted by molar-refractivity contribution is 7.89. The molecule has 156 valence electrons. The molecule has 10 heteroatoms. The van der Waals surface area contributed by atoms with E-state index in [-0.39, 0.29) is 48.1 Å². The van der Waals surface area contributed by atoms with Gasteiger partial charge in [-0.15, -0.1) is 0 Å². The summed E-state index contributed by atoms with van der Waals surface area (Å²) in [5, 5.41) is 0. The van der Waals surface area contributed by atoms with Gasteiger partial charge in [0.25, 0.3) is 0 Å². The minimum Gasteiger partial charge on any atom is -0.496 e. The Bertz CT molecular complexity index is 1010. The van der Waals surface area contributed by atoms with Gasteiger partial charge in [-0.25, -0.2) is 22.0 Å². The molecule has 2 aromatic carbocycles. The first-order valence-electron chi connectivity index (χ1n) is 8.70. The van der Waals surface area contributed by atoms with Crippen molar-refractivity contribution in [2.45, 2.75) is 11.5 Å². The van der Waals surface area contributed by atoms with E-state index in [0.717, 1.165) is 12.1 Å². The summed E-state index contributed by atoms with van der Waals surface area (Å²) < 4.78 is 69.2. The first-order valence-corrected chi connectivity index (χ1v) is 10.1. The fraction of sp³-hybridized carbons (Fsp3) is 0.316. The number of methoxy groups -OCH3 is 1. The summed E-state index contributed by atoms with van der Waals surface area (Å²) in [6.45, 7) is 0.443. The van der Waals surface area contributed by atoms with Crippen LogP contribution in [0, 0.1) is 11.6 Å². The summed E-state index contributed by atoms with van der Waals surface area (Å²) in [7, 11) is -2.53. The van der Waals surface area contributed by atoms with Crippen LogP contribution in [-0.2, 0) is 26.1 Å². The number of ether oxygens (including phenoxy) is 3. The Morgan fingerprint density at radius 3 is 2.59 bits per heavy atom. The number of carbonyl (C=O) groups is 1. The molecular weight excluding hydrogens is 408 g/mol. The van der Waals surface area contributed by atoms with Gasteiger partial charge in [0, 0.05) is 18.7 Å². The number of morpholine rings is 1. The highest BCUT2D eigenvalue weighted by Gasteiger charge is 2.28. The number of nitrogens with zero attached hydrogens (tertiary/aromatic N) is 1. The molecule has 0 aromatic heterocycles. The molecule has 3 rings (SSSR count). The van der Waals surface area contributed by atoms with E-state index in [0.29, 0.717) is 0 Å². The first kappa shape index (κ1) is 21.2. The van der Waals surface area contributed by atoms with Gasteiger partial charge in [0.05, 0.1) is 25.2 Å². The van der Waals surface area contributed by atoms with Gasteiger partial charge in [-0.3, -0.25) is 0 Å². The zero-order valence-corrected chi connectivity index (χ0v) is 16.4. The zero-order valence-electron chi connectivity index (χ0n) is 15.6. The largest absolute Gasteiger partial charge is 0.496 e. The third kappa shape index (κ3) is 4.55. The molecule has 1 saturated heterocycles. The summed E-state index contributed by atoms with van der Waals surface area (Å²) in [4.78, 5) is 12.4. The van der Waals surface area contributed by atoms with Crippen molar-refractivity contribution < 1.29 is 36.2 Å². The van der Waals surface area contributed by atoms with Gasteiger partial charge >= 0.3 is 5.97 Å². The Morgan fingerprint density at radius 1 is 1.17 bits per heavy atom. The quantitative estimate of drug-likeness (QED) is 0.659. The van der Waals surface area contributed by atoms with Crippen molar-refractivity contribution in [3.63, 3.8) is 0 Å². The molecule has 0 aliphatic carbocycles. The smallest absolute Gasteiger partial charge is 0.342 e. The Kier molecular flexibility index (Phi) is 6.46. The summed E-state index contributed by atoms with van der Waals surface area (Å²) in [5.41, 5.74) is -0.284. The lowest BCUT2D eigenvalue weighted by Gasteiger charge is -2.26. The Balaban J connectivity index is 1.84. The number of sulfonamides is 1. The third-order valence-corrected chi connectivity index (χ3v) is 6.28. The average Bonchev–Trinajstić information content (AvgIpc) is 2.74. The van der Waals surface area contributed by atoms with E-state index in [1.165, 1.54) is 35.7 Å². The molecule has 0 radical (unpaired) electrons. The van der Waals surface area contributed by atoms with E-state index < -0.39 is 34.2 Å². The molecule has 0 N–H and O–H groups in total.